The molecule has 1 amide bonds. The van der Waals surface area contributed by atoms with Crippen molar-refractivity contribution in [1.29, 1.82) is 0 Å². The maximum absolute atomic E-state index is 12.3. The van der Waals surface area contributed by atoms with Crippen LogP contribution in [0, 0.1) is 0 Å². The summed E-state index contributed by atoms with van der Waals surface area (Å²) < 4.78 is 11.5. The first-order chi connectivity index (χ1) is 12.3. The lowest BCUT2D eigenvalue weighted by Crippen LogP contribution is -2.42. The summed E-state index contributed by atoms with van der Waals surface area (Å²) in [5.74, 6) is 1.18. The fraction of sp³-hybridized carbons (Fsp3) is 0.263. The molecule has 2 heterocycles. The maximum atomic E-state index is 12.3. The standard InChI is InChI=1S/C19H18N2O4/c22-19(15-10-18(25-21-15)13-6-2-1-3-7-13)20-11-14-12-23-16-8-4-5-9-17(16)24-14/h1-9,14,18H,10-12H2,(H,20,22)/t14-,18+/m1/s1. The molecule has 0 aromatic heterocycles. The molecule has 0 bridgehead atoms. The van der Waals surface area contributed by atoms with E-state index in [1.807, 2.05) is 54.6 Å². The summed E-state index contributed by atoms with van der Waals surface area (Å²) in [5.41, 5.74) is 1.40. The Hall–Kier alpha value is -3.02. The van der Waals surface area contributed by atoms with Gasteiger partial charge < -0.3 is 19.6 Å². The molecule has 1 N–H and O–H groups in total. The van der Waals surface area contributed by atoms with Crippen LogP contribution in [0.25, 0.3) is 0 Å². The van der Waals surface area contributed by atoms with E-state index in [-0.39, 0.29) is 18.1 Å². The number of benzene rings is 2. The highest BCUT2D eigenvalue weighted by Gasteiger charge is 2.28. The van der Waals surface area contributed by atoms with Gasteiger partial charge in [-0.1, -0.05) is 47.6 Å². The van der Waals surface area contributed by atoms with Crippen LogP contribution in [-0.4, -0.2) is 30.9 Å². The average Bonchev–Trinajstić information content (AvgIpc) is 3.17. The molecule has 0 saturated heterocycles. The van der Waals surface area contributed by atoms with Crippen molar-refractivity contribution in [3.63, 3.8) is 0 Å². The highest BCUT2D eigenvalue weighted by atomic mass is 16.6. The predicted octanol–water partition coefficient (Wildman–Crippen LogP) is 2.46. The number of carbonyl (C=O) groups excluding carboxylic acids is 1. The van der Waals surface area contributed by atoms with E-state index in [4.69, 9.17) is 14.3 Å². The molecule has 2 atom stereocenters. The van der Waals surface area contributed by atoms with Crippen molar-refractivity contribution in [3.05, 3.63) is 60.2 Å². The van der Waals surface area contributed by atoms with E-state index in [1.165, 1.54) is 0 Å². The second-order valence-corrected chi connectivity index (χ2v) is 5.95. The minimum absolute atomic E-state index is 0.205. The monoisotopic (exact) mass is 338 g/mol. The molecule has 2 aliphatic rings. The van der Waals surface area contributed by atoms with Gasteiger partial charge >= 0.3 is 0 Å². The SMILES string of the molecule is O=C(NC[C@@H]1COc2ccccc2O1)C1=NO[C@H](c2ccccc2)C1. The predicted molar refractivity (Wildman–Crippen MR) is 91.7 cm³/mol. The van der Waals surface area contributed by atoms with E-state index in [0.29, 0.717) is 31.0 Å². The molecular formula is C19H18N2O4. The zero-order chi connectivity index (χ0) is 17.1. The van der Waals surface area contributed by atoms with Crippen molar-refractivity contribution in [3.8, 4) is 11.5 Å². The molecular weight excluding hydrogens is 320 g/mol. The summed E-state index contributed by atoms with van der Waals surface area (Å²) in [6, 6.07) is 17.2. The van der Waals surface area contributed by atoms with E-state index in [0.717, 1.165) is 11.3 Å². The van der Waals surface area contributed by atoms with E-state index in [1.54, 1.807) is 0 Å². The molecule has 2 aromatic carbocycles. The van der Waals surface area contributed by atoms with Gasteiger partial charge in [-0.05, 0) is 17.7 Å². The largest absolute Gasteiger partial charge is 0.486 e. The quantitative estimate of drug-likeness (QED) is 0.930. The molecule has 4 rings (SSSR count). The molecule has 6 nitrogen and oxygen atoms in total. The van der Waals surface area contributed by atoms with Crippen LogP contribution < -0.4 is 14.8 Å². The van der Waals surface area contributed by atoms with Crippen molar-refractivity contribution in [1.82, 2.24) is 5.32 Å². The number of rotatable bonds is 4. The second-order valence-electron chi connectivity index (χ2n) is 5.95. The molecule has 0 spiro atoms. The average molecular weight is 338 g/mol. The Morgan fingerprint density at radius 1 is 1.08 bits per heavy atom. The Morgan fingerprint density at radius 2 is 1.84 bits per heavy atom. The number of fused-ring (bicyclic) bond motifs is 1. The Morgan fingerprint density at radius 3 is 2.68 bits per heavy atom. The van der Waals surface area contributed by atoms with Gasteiger partial charge in [-0.15, -0.1) is 0 Å². The third-order valence-corrected chi connectivity index (χ3v) is 4.16. The smallest absolute Gasteiger partial charge is 0.269 e. The van der Waals surface area contributed by atoms with Crippen LogP contribution in [0.15, 0.2) is 59.8 Å². The Labute approximate surface area is 145 Å². The first-order valence-corrected chi connectivity index (χ1v) is 8.24. The van der Waals surface area contributed by atoms with Crippen LogP contribution in [0.4, 0.5) is 0 Å². The van der Waals surface area contributed by atoms with Gasteiger partial charge in [0.1, 0.15) is 18.4 Å². The van der Waals surface area contributed by atoms with E-state index in [2.05, 4.69) is 10.5 Å². The van der Waals surface area contributed by atoms with Crippen LogP contribution in [-0.2, 0) is 9.63 Å². The van der Waals surface area contributed by atoms with Crippen LogP contribution in [0.2, 0.25) is 0 Å². The fourth-order valence-electron chi connectivity index (χ4n) is 2.83. The zero-order valence-electron chi connectivity index (χ0n) is 13.6. The number of oxime groups is 1. The topological polar surface area (TPSA) is 69.2 Å². The van der Waals surface area contributed by atoms with Crippen LogP contribution in [0.5, 0.6) is 11.5 Å². The van der Waals surface area contributed by atoms with Crippen molar-refractivity contribution >= 4 is 11.6 Å². The van der Waals surface area contributed by atoms with Gasteiger partial charge in [-0.2, -0.15) is 0 Å². The van der Waals surface area contributed by atoms with Gasteiger partial charge in [-0.3, -0.25) is 4.79 Å². The lowest BCUT2D eigenvalue weighted by atomic mass is 10.0. The number of hydrogen-bond acceptors (Lipinski definition) is 5. The first kappa shape index (κ1) is 15.5. The van der Waals surface area contributed by atoms with Gasteiger partial charge in [-0.25, -0.2) is 0 Å². The van der Waals surface area contributed by atoms with Gasteiger partial charge in [0.15, 0.2) is 17.6 Å². The number of amides is 1. The summed E-state index contributed by atoms with van der Waals surface area (Å²) in [5, 5.41) is 6.77. The highest BCUT2D eigenvalue weighted by Crippen LogP contribution is 2.31. The molecule has 128 valence electrons. The molecule has 2 aliphatic heterocycles. The minimum atomic E-state index is -0.235. The Kier molecular flexibility index (Phi) is 4.24. The Bertz CT molecular complexity index is 791. The summed E-state index contributed by atoms with van der Waals surface area (Å²) in [6.45, 7) is 0.745. The number of ether oxygens (including phenoxy) is 2. The molecule has 2 aromatic rings. The first-order valence-electron chi connectivity index (χ1n) is 8.24. The highest BCUT2D eigenvalue weighted by molar-refractivity contribution is 6.39. The molecule has 25 heavy (non-hydrogen) atoms. The van der Waals surface area contributed by atoms with Gasteiger partial charge in [0.2, 0.25) is 0 Å². The summed E-state index contributed by atoms with van der Waals surface area (Å²) in [7, 11) is 0. The molecule has 6 heteroatoms. The number of hydrogen-bond donors (Lipinski definition) is 1. The lowest BCUT2D eigenvalue weighted by molar-refractivity contribution is -0.115. The van der Waals surface area contributed by atoms with Gasteiger partial charge in [0.25, 0.3) is 5.91 Å². The number of nitrogens with one attached hydrogen (secondary N) is 1. The number of para-hydroxylation sites is 2. The zero-order valence-corrected chi connectivity index (χ0v) is 13.6. The van der Waals surface area contributed by atoms with Crippen LogP contribution in [0.3, 0.4) is 0 Å². The number of nitrogens with zero attached hydrogens (tertiary/aromatic N) is 1. The van der Waals surface area contributed by atoms with Gasteiger partial charge in [0.05, 0.1) is 6.54 Å². The van der Waals surface area contributed by atoms with Crippen molar-refractivity contribution in [2.75, 3.05) is 13.2 Å². The molecule has 0 saturated carbocycles. The molecule has 0 fully saturated rings. The lowest BCUT2D eigenvalue weighted by Gasteiger charge is -2.26. The van der Waals surface area contributed by atoms with E-state index >= 15 is 0 Å². The maximum Gasteiger partial charge on any atom is 0.269 e. The number of carbonyl (C=O) groups is 1. The molecule has 0 unspecified atom stereocenters. The molecule has 0 aliphatic carbocycles. The van der Waals surface area contributed by atoms with E-state index < -0.39 is 0 Å². The third kappa shape index (κ3) is 3.42. The summed E-state index contributed by atoms with van der Waals surface area (Å²) in [6.07, 6.45) is 0.0236. The normalized spacial score (nSPS) is 21.2. The van der Waals surface area contributed by atoms with Crippen molar-refractivity contribution in [2.45, 2.75) is 18.6 Å². The van der Waals surface area contributed by atoms with Gasteiger partial charge in [0, 0.05) is 6.42 Å². The van der Waals surface area contributed by atoms with E-state index in [9.17, 15) is 4.79 Å². The summed E-state index contributed by atoms with van der Waals surface area (Å²) >= 11 is 0. The fourth-order valence-corrected chi connectivity index (χ4v) is 2.83. The second kappa shape index (κ2) is 6.84. The minimum Gasteiger partial charge on any atom is -0.486 e. The van der Waals surface area contributed by atoms with Crippen molar-refractivity contribution in [2.24, 2.45) is 5.16 Å². The third-order valence-electron chi connectivity index (χ3n) is 4.16. The molecule has 0 radical (unpaired) electrons. The Balaban J connectivity index is 1.29. The van der Waals surface area contributed by atoms with Crippen LogP contribution in [0.1, 0.15) is 18.1 Å². The van der Waals surface area contributed by atoms with Crippen molar-refractivity contribution < 1.29 is 19.1 Å². The summed E-state index contributed by atoms with van der Waals surface area (Å²) in [4.78, 5) is 17.7. The van der Waals surface area contributed by atoms with Crippen LogP contribution >= 0.6 is 0 Å².